The molecule has 0 amide bonds. The van der Waals surface area contributed by atoms with Gasteiger partial charge in [0.05, 0.1) is 17.6 Å². The molecule has 0 aromatic heterocycles. The van der Waals surface area contributed by atoms with Crippen LogP contribution in [0.4, 0.5) is 5.69 Å². The lowest BCUT2D eigenvalue weighted by atomic mass is 10.2. The van der Waals surface area contributed by atoms with Gasteiger partial charge in [-0.05, 0) is 18.6 Å². The number of ether oxygens (including phenoxy) is 1. The van der Waals surface area contributed by atoms with E-state index in [1.165, 1.54) is 12.1 Å². The van der Waals surface area contributed by atoms with Gasteiger partial charge >= 0.3 is 5.97 Å². The first-order chi connectivity index (χ1) is 8.56. The zero-order valence-electron chi connectivity index (χ0n) is 10.1. The molecule has 0 aliphatic heterocycles. The minimum absolute atomic E-state index is 0.322. The van der Waals surface area contributed by atoms with Crippen LogP contribution in [-0.2, 0) is 0 Å². The van der Waals surface area contributed by atoms with Gasteiger partial charge in [-0.3, -0.25) is 10.1 Å². The van der Waals surface area contributed by atoms with Gasteiger partial charge in [0, 0.05) is 0 Å². The average Bonchev–Trinajstić information content (AvgIpc) is 2.34. The fourth-order valence-corrected chi connectivity index (χ4v) is 1.48. The minimum Gasteiger partial charge on any atom is -0.493 e. The molecule has 1 aromatic carbocycles. The van der Waals surface area contributed by atoms with Gasteiger partial charge in [-0.15, -0.1) is 0 Å². The molecule has 1 rings (SSSR count). The van der Waals surface area contributed by atoms with Crippen molar-refractivity contribution in [2.24, 2.45) is 0 Å². The van der Waals surface area contributed by atoms with Gasteiger partial charge in [-0.25, -0.2) is 4.79 Å². The van der Waals surface area contributed by atoms with Gasteiger partial charge < -0.3 is 9.84 Å². The fraction of sp³-hybridized carbons (Fsp3) is 0.417. The molecular formula is C12H15NO5. The van der Waals surface area contributed by atoms with Crippen molar-refractivity contribution >= 4 is 11.7 Å². The zero-order chi connectivity index (χ0) is 13.5. The predicted octanol–water partition coefficient (Wildman–Crippen LogP) is 2.86. The van der Waals surface area contributed by atoms with Crippen molar-refractivity contribution in [3.8, 4) is 5.75 Å². The Labute approximate surface area is 104 Å². The summed E-state index contributed by atoms with van der Waals surface area (Å²) in [5.41, 5.74) is -0.781. The van der Waals surface area contributed by atoms with Crippen LogP contribution >= 0.6 is 0 Å². The second-order valence-corrected chi connectivity index (χ2v) is 3.80. The summed E-state index contributed by atoms with van der Waals surface area (Å²) in [6.45, 7) is 2.53. The van der Waals surface area contributed by atoms with Gasteiger partial charge in [-0.2, -0.15) is 0 Å². The largest absolute Gasteiger partial charge is 0.493 e. The second kappa shape index (κ2) is 6.58. The molecule has 0 fully saturated rings. The molecule has 6 heteroatoms. The highest BCUT2D eigenvalue weighted by molar-refractivity contribution is 5.92. The molecule has 98 valence electrons. The minimum atomic E-state index is -1.32. The van der Waals surface area contributed by atoms with Crippen molar-refractivity contribution in [2.75, 3.05) is 6.61 Å². The van der Waals surface area contributed by atoms with E-state index >= 15 is 0 Å². The Morgan fingerprint density at radius 2 is 2.17 bits per heavy atom. The van der Waals surface area contributed by atoms with Crippen LogP contribution in [0.1, 0.15) is 36.5 Å². The number of hydrogen-bond acceptors (Lipinski definition) is 4. The summed E-state index contributed by atoms with van der Waals surface area (Å²) < 4.78 is 5.34. The number of nitro groups is 1. The third-order valence-corrected chi connectivity index (χ3v) is 2.41. The lowest BCUT2D eigenvalue weighted by molar-refractivity contribution is -0.385. The topological polar surface area (TPSA) is 89.7 Å². The maximum Gasteiger partial charge on any atom is 0.342 e. The van der Waals surface area contributed by atoms with E-state index in [1.54, 1.807) is 0 Å². The number of carbonyl (C=O) groups is 1. The maximum absolute atomic E-state index is 10.8. The van der Waals surface area contributed by atoms with Crippen molar-refractivity contribution < 1.29 is 19.6 Å². The molecule has 0 radical (unpaired) electrons. The number of aromatic carboxylic acids is 1. The SMILES string of the molecule is CCCCCOc1ccc(C(=O)O)c([N+](=O)[O-])c1. The van der Waals surface area contributed by atoms with Crippen LogP contribution in [-0.4, -0.2) is 22.6 Å². The Balaban J connectivity index is 2.80. The molecule has 18 heavy (non-hydrogen) atoms. The molecule has 0 aliphatic carbocycles. The van der Waals surface area contributed by atoms with E-state index in [1.807, 2.05) is 0 Å². The molecule has 0 atom stereocenters. The van der Waals surface area contributed by atoms with Crippen LogP contribution < -0.4 is 4.74 Å². The molecule has 0 unspecified atom stereocenters. The molecule has 1 N–H and O–H groups in total. The number of unbranched alkanes of at least 4 members (excludes halogenated alkanes) is 2. The highest BCUT2D eigenvalue weighted by Gasteiger charge is 2.20. The van der Waals surface area contributed by atoms with Gasteiger partial charge in [0.25, 0.3) is 5.69 Å². The van der Waals surface area contributed by atoms with E-state index in [0.717, 1.165) is 25.3 Å². The molecule has 6 nitrogen and oxygen atoms in total. The van der Waals surface area contributed by atoms with Crippen LogP contribution in [0.25, 0.3) is 0 Å². The summed E-state index contributed by atoms with van der Waals surface area (Å²) in [4.78, 5) is 20.8. The zero-order valence-corrected chi connectivity index (χ0v) is 10.1. The second-order valence-electron chi connectivity index (χ2n) is 3.80. The van der Waals surface area contributed by atoms with Gasteiger partial charge in [0.15, 0.2) is 0 Å². The van der Waals surface area contributed by atoms with Crippen molar-refractivity contribution in [3.63, 3.8) is 0 Å². The third kappa shape index (κ3) is 3.73. The lowest BCUT2D eigenvalue weighted by Gasteiger charge is -2.06. The quantitative estimate of drug-likeness (QED) is 0.458. The predicted molar refractivity (Wildman–Crippen MR) is 65.1 cm³/mol. The van der Waals surface area contributed by atoms with Crippen molar-refractivity contribution in [1.82, 2.24) is 0 Å². The lowest BCUT2D eigenvalue weighted by Crippen LogP contribution is -2.04. The molecule has 1 aromatic rings. The Bertz CT molecular complexity index is 444. The molecule has 0 heterocycles. The molecule has 0 aliphatic rings. The monoisotopic (exact) mass is 253 g/mol. The normalized spacial score (nSPS) is 10.1. The van der Waals surface area contributed by atoms with E-state index in [9.17, 15) is 14.9 Å². The fourth-order valence-electron chi connectivity index (χ4n) is 1.48. The third-order valence-electron chi connectivity index (χ3n) is 2.41. The first-order valence-corrected chi connectivity index (χ1v) is 5.70. The first-order valence-electron chi connectivity index (χ1n) is 5.70. The van der Waals surface area contributed by atoms with E-state index in [2.05, 4.69) is 6.92 Å². The number of nitro benzene ring substituents is 1. The highest BCUT2D eigenvalue weighted by atomic mass is 16.6. The summed E-state index contributed by atoms with van der Waals surface area (Å²) in [7, 11) is 0. The van der Waals surface area contributed by atoms with Crippen molar-refractivity contribution in [1.29, 1.82) is 0 Å². The number of carboxylic acids is 1. The number of hydrogen-bond donors (Lipinski definition) is 1. The van der Waals surface area contributed by atoms with E-state index < -0.39 is 16.6 Å². The van der Waals surface area contributed by atoms with Crippen LogP contribution in [0.3, 0.4) is 0 Å². The van der Waals surface area contributed by atoms with Crippen LogP contribution in [0.15, 0.2) is 18.2 Å². The standard InChI is InChI=1S/C12H15NO5/c1-2-3-4-7-18-9-5-6-10(12(14)15)11(8-9)13(16)17/h5-6,8H,2-4,7H2,1H3,(H,14,15). The smallest absolute Gasteiger partial charge is 0.342 e. The number of benzene rings is 1. The van der Waals surface area contributed by atoms with Gasteiger partial charge in [0.1, 0.15) is 11.3 Å². The van der Waals surface area contributed by atoms with Crippen molar-refractivity contribution in [2.45, 2.75) is 26.2 Å². The Hall–Kier alpha value is -2.11. The molecule has 0 saturated heterocycles. The summed E-state index contributed by atoms with van der Waals surface area (Å²) in [6.07, 6.45) is 2.95. The Kier molecular flexibility index (Phi) is 5.10. The highest BCUT2D eigenvalue weighted by Crippen LogP contribution is 2.24. The number of rotatable bonds is 7. The first kappa shape index (κ1) is 14.0. The number of carboxylic acid groups (broad SMARTS) is 1. The summed E-state index contributed by atoms with van der Waals surface area (Å²) in [6, 6.07) is 3.77. The summed E-state index contributed by atoms with van der Waals surface area (Å²) in [5.74, 6) is -0.998. The van der Waals surface area contributed by atoms with Crippen LogP contribution in [0, 0.1) is 10.1 Å². The average molecular weight is 253 g/mol. The molecule has 0 saturated carbocycles. The number of nitrogens with zero attached hydrogens (tertiary/aromatic N) is 1. The molecule has 0 spiro atoms. The van der Waals surface area contributed by atoms with E-state index in [4.69, 9.17) is 9.84 Å². The summed E-state index contributed by atoms with van der Waals surface area (Å²) >= 11 is 0. The summed E-state index contributed by atoms with van der Waals surface area (Å²) in [5, 5.41) is 19.5. The van der Waals surface area contributed by atoms with E-state index in [0.29, 0.717) is 12.4 Å². The van der Waals surface area contributed by atoms with Gasteiger partial charge in [-0.1, -0.05) is 19.8 Å². The van der Waals surface area contributed by atoms with Crippen LogP contribution in [0.2, 0.25) is 0 Å². The Morgan fingerprint density at radius 1 is 1.44 bits per heavy atom. The van der Waals surface area contributed by atoms with Crippen LogP contribution in [0.5, 0.6) is 5.75 Å². The van der Waals surface area contributed by atoms with Crippen molar-refractivity contribution in [3.05, 3.63) is 33.9 Å². The van der Waals surface area contributed by atoms with E-state index in [-0.39, 0.29) is 5.56 Å². The maximum atomic E-state index is 10.8. The van der Waals surface area contributed by atoms with Gasteiger partial charge in [0.2, 0.25) is 0 Å². The molecule has 0 bridgehead atoms. The molecular weight excluding hydrogens is 238 g/mol. The Morgan fingerprint density at radius 3 is 2.72 bits per heavy atom.